The van der Waals surface area contributed by atoms with Crippen molar-refractivity contribution in [2.45, 2.75) is 25.0 Å². The van der Waals surface area contributed by atoms with Gasteiger partial charge in [0.25, 0.3) is 0 Å². The Balaban J connectivity index is 1.79. The lowest BCUT2D eigenvalue weighted by molar-refractivity contribution is 0.155. The zero-order chi connectivity index (χ0) is 18.7. The van der Waals surface area contributed by atoms with Crippen LogP contribution >= 0.6 is 0 Å². The molecule has 0 bridgehead atoms. The molecule has 0 amide bonds. The van der Waals surface area contributed by atoms with Crippen LogP contribution in [0.1, 0.15) is 23.6 Å². The van der Waals surface area contributed by atoms with Crippen LogP contribution in [0.2, 0.25) is 0 Å². The minimum absolute atomic E-state index is 0.115. The predicted octanol–water partition coefficient (Wildman–Crippen LogP) is 5.00. The van der Waals surface area contributed by atoms with Gasteiger partial charge in [-0.2, -0.15) is 0 Å². The van der Waals surface area contributed by atoms with E-state index in [0.717, 1.165) is 29.2 Å². The fourth-order valence-electron chi connectivity index (χ4n) is 3.85. The molecule has 1 aliphatic heterocycles. The molecule has 0 saturated carbocycles. The van der Waals surface area contributed by atoms with Gasteiger partial charge < -0.3 is 9.47 Å². The second-order valence-electron chi connectivity index (χ2n) is 6.79. The first-order chi connectivity index (χ1) is 13.2. The Hall–Kier alpha value is -3.07. The van der Waals surface area contributed by atoms with Crippen LogP contribution < -0.4 is 4.74 Å². The summed E-state index contributed by atoms with van der Waals surface area (Å²) in [4.78, 5) is 5.04. The van der Waals surface area contributed by atoms with Crippen LogP contribution in [0, 0.1) is 0 Å². The molecule has 4 rings (SSSR count). The molecular formula is C24H23NO2. The van der Waals surface area contributed by atoms with E-state index in [9.17, 15) is 0 Å². The normalized spacial score (nSPS) is 17.9. The van der Waals surface area contributed by atoms with Crippen molar-refractivity contribution in [1.82, 2.24) is 0 Å². The summed E-state index contributed by atoms with van der Waals surface area (Å²) in [6, 6.07) is 29.0. The minimum atomic E-state index is -0.549. The summed E-state index contributed by atoms with van der Waals surface area (Å²) in [5.74, 6) is 1.58. The first-order valence-electron chi connectivity index (χ1n) is 9.19. The van der Waals surface area contributed by atoms with Gasteiger partial charge in [-0.15, -0.1) is 0 Å². The fraction of sp³-hybridized carbons (Fsp3) is 0.208. The Morgan fingerprint density at radius 2 is 1.41 bits per heavy atom. The number of rotatable bonds is 5. The SMILES string of the molecule is COc1ccc(CC2OC(C)=NC2(c2ccccc2)c2ccccc2)cc1. The molecule has 0 radical (unpaired) electrons. The van der Waals surface area contributed by atoms with E-state index in [-0.39, 0.29) is 6.10 Å². The maximum atomic E-state index is 6.27. The zero-order valence-corrected chi connectivity index (χ0v) is 15.6. The second-order valence-corrected chi connectivity index (χ2v) is 6.79. The molecule has 0 spiro atoms. The Morgan fingerprint density at radius 3 is 1.93 bits per heavy atom. The van der Waals surface area contributed by atoms with Crippen LogP contribution in [-0.2, 0) is 16.7 Å². The highest BCUT2D eigenvalue weighted by atomic mass is 16.5. The molecule has 3 aromatic carbocycles. The summed E-state index contributed by atoms with van der Waals surface area (Å²) in [6.07, 6.45) is 0.643. The van der Waals surface area contributed by atoms with Crippen molar-refractivity contribution in [3.8, 4) is 5.75 Å². The molecular weight excluding hydrogens is 334 g/mol. The van der Waals surface area contributed by atoms with Crippen molar-refractivity contribution >= 4 is 5.90 Å². The van der Waals surface area contributed by atoms with Gasteiger partial charge in [-0.25, -0.2) is 4.99 Å². The van der Waals surface area contributed by atoms with Gasteiger partial charge in [-0.3, -0.25) is 0 Å². The molecule has 1 atom stereocenters. The molecule has 27 heavy (non-hydrogen) atoms. The third kappa shape index (κ3) is 3.21. The Morgan fingerprint density at radius 1 is 0.852 bits per heavy atom. The van der Waals surface area contributed by atoms with Crippen molar-refractivity contribution < 1.29 is 9.47 Å². The summed E-state index contributed by atoms with van der Waals surface area (Å²) in [5, 5.41) is 0. The topological polar surface area (TPSA) is 30.8 Å². The third-order valence-electron chi connectivity index (χ3n) is 5.12. The molecule has 136 valence electrons. The lowest BCUT2D eigenvalue weighted by Gasteiger charge is -2.33. The first-order valence-corrected chi connectivity index (χ1v) is 9.19. The third-order valence-corrected chi connectivity index (χ3v) is 5.12. The number of hydrogen-bond donors (Lipinski definition) is 0. The van der Waals surface area contributed by atoms with Crippen LogP contribution in [0.25, 0.3) is 0 Å². The lowest BCUT2D eigenvalue weighted by atomic mass is 9.77. The maximum absolute atomic E-state index is 6.27. The van der Waals surface area contributed by atoms with E-state index < -0.39 is 5.54 Å². The van der Waals surface area contributed by atoms with Gasteiger partial charge in [-0.1, -0.05) is 72.8 Å². The number of nitrogens with zero attached hydrogens (tertiary/aromatic N) is 1. The Bertz CT molecular complexity index is 878. The smallest absolute Gasteiger partial charge is 0.181 e. The molecule has 3 heteroatoms. The van der Waals surface area contributed by atoms with Crippen LogP contribution in [0.4, 0.5) is 0 Å². The molecule has 0 N–H and O–H groups in total. The predicted molar refractivity (Wildman–Crippen MR) is 108 cm³/mol. The highest BCUT2D eigenvalue weighted by Crippen LogP contribution is 2.43. The highest BCUT2D eigenvalue weighted by molar-refractivity contribution is 5.77. The van der Waals surface area contributed by atoms with Gasteiger partial charge in [0, 0.05) is 13.3 Å². The number of methoxy groups -OCH3 is 1. The van der Waals surface area contributed by atoms with E-state index in [2.05, 4.69) is 60.7 Å². The van der Waals surface area contributed by atoms with E-state index in [0.29, 0.717) is 0 Å². The summed E-state index contributed by atoms with van der Waals surface area (Å²) in [7, 11) is 1.68. The van der Waals surface area contributed by atoms with Crippen LogP contribution in [0.5, 0.6) is 5.75 Å². The largest absolute Gasteiger partial charge is 0.497 e. The van der Waals surface area contributed by atoms with E-state index >= 15 is 0 Å². The molecule has 0 saturated heterocycles. The van der Waals surface area contributed by atoms with Crippen molar-refractivity contribution in [3.05, 3.63) is 102 Å². The summed E-state index contributed by atoms with van der Waals surface area (Å²) in [6.45, 7) is 1.94. The van der Waals surface area contributed by atoms with Gasteiger partial charge in [0.05, 0.1) is 7.11 Å². The van der Waals surface area contributed by atoms with Gasteiger partial charge in [0.2, 0.25) is 0 Å². The molecule has 0 fully saturated rings. The Kier molecular flexibility index (Phi) is 4.68. The van der Waals surface area contributed by atoms with E-state index in [1.165, 1.54) is 5.56 Å². The summed E-state index contributed by atoms with van der Waals surface area (Å²) >= 11 is 0. The quantitative estimate of drug-likeness (QED) is 0.643. The van der Waals surface area contributed by atoms with Crippen LogP contribution in [0.15, 0.2) is 89.9 Å². The molecule has 0 aromatic heterocycles. The maximum Gasteiger partial charge on any atom is 0.181 e. The highest BCUT2D eigenvalue weighted by Gasteiger charge is 2.47. The molecule has 1 unspecified atom stereocenters. The first kappa shape index (κ1) is 17.3. The monoisotopic (exact) mass is 357 g/mol. The second kappa shape index (κ2) is 7.28. The average molecular weight is 357 g/mol. The van der Waals surface area contributed by atoms with Crippen LogP contribution in [0.3, 0.4) is 0 Å². The number of ether oxygens (including phenoxy) is 2. The average Bonchev–Trinajstić information content (AvgIpc) is 3.06. The van der Waals surface area contributed by atoms with Crippen molar-refractivity contribution in [1.29, 1.82) is 0 Å². The standard InChI is InChI=1S/C24H23NO2/c1-18-25-24(20-9-5-3-6-10-20,21-11-7-4-8-12-21)23(27-18)17-19-13-15-22(26-2)16-14-19/h3-16,23H,17H2,1-2H3. The van der Waals surface area contributed by atoms with Gasteiger partial charge in [0.15, 0.2) is 11.4 Å². The van der Waals surface area contributed by atoms with E-state index in [1.54, 1.807) is 7.11 Å². The molecule has 1 heterocycles. The summed E-state index contributed by atoms with van der Waals surface area (Å²) in [5.41, 5.74) is 2.94. The molecule has 0 aliphatic carbocycles. The zero-order valence-electron chi connectivity index (χ0n) is 15.6. The van der Waals surface area contributed by atoms with Gasteiger partial charge in [-0.05, 0) is 28.8 Å². The van der Waals surface area contributed by atoms with Crippen molar-refractivity contribution in [2.24, 2.45) is 4.99 Å². The van der Waals surface area contributed by atoms with E-state index in [4.69, 9.17) is 14.5 Å². The van der Waals surface area contributed by atoms with Crippen molar-refractivity contribution in [3.63, 3.8) is 0 Å². The van der Waals surface area contributed by atoms with E-state index in [1.807, 2.05) is 31.2 Å². The minimum Gasteiger partial charge on any atom is -0.497 e. The molecule has 1 aliphatic rings. The molecule has 3 aromatic rings. The summed E-state index contributed by atoms with van der Waals surface area (Å²) < 4.78 is 11.5. The van der Waals surface area contributed by atoms with Gasteiger partial charge in [0.1, 0.15) is 11.9 Å². The van der Waals surface area contributed by atoms with Gasteiger partial charge >= 0.3 is 0 Å². The van der Waals surface area contributed by atoms with Crippen LogP contribution in [-0.4, -0.2) is 19.1 Å². The number of aliphatic imine (C=N–C) groups is 1. The fourth-order valence-corrected chi connectivity index (χ4v) is 3.85. The number of benzene rings is 3. The molecule has 3 nitrogen and oxygen atoms in total. The lowest BCUT2D eigenvalue weighted by Crippen LogP contribution is -2.38. The Labute approximate surface area is 160 Å². The van der Waals surface area contributed by atoms with Crippen molar-refractivity contribution in [2.75, 3.05) is 7.11 Å². The number of hydrogen-bond acceptors (Lipinski definition) is 3.